The SMILES string of the molecule is CCN(CCNC(=O)c1cc(C)c(C)c(S(=O)(=O)N2CCC(C)CC2)c1)C(C)C. The number of hydrogen-bond donors (Lipinski definition) is 1. The molecule has 1 heterocycles. The van der Waals surface area contributed by atoms with Gasteiger partial charge >= 0.3 is 0 Å². The maximum absolute atomic E-state index is 13.2. The lowest BCUT2D eigenvalue weighted by Crippen LogP contribution is -2.39. The van der Waals surface area contributed by atoms with Gasteiger partial charge in [0, 0.05) is 37.8 Å². The van der Waals surface area contributed by atoms with E-state index in [1.165, 1.54) is 0 Å². The lowest BCUT2D eigenvalue weighted by atomic mass is 10.0. The molecule has 6 nitrogen and oxygen atoms in total. The highest BCUT2D eigenvalue weighted by molar-refractivity contribution is 7.89. The van der Waals surface area contributed by atoms with Gasteiger partial charge < -0.3 is 5.32 Å². The molecule has 0 atom stereocenters. The normalized spacial score (nSPS) is 16.6. The van der Waals surface area contributed by atoms with Crippen molar-refractivity contribution >= 4 is 15.9 Å². The molecule has 0 aromatic heterocycles. The molecule has 1 aromatic carbocycles. The van der Waals surface area contributed by atoms with Gasteiger partial charge in [-0.25, -0.2) is 8.42 Å². The van der Waals surface area contributed by atoms with Crippen LogP contribution in [0.15, 0.2) is 17.0 Å². The van der Waals surface area contributed by atoms with Gasteiger partial charge in [-0.2, -0.15) is 4.31 Å². The van der Waals surface area contributed by atoms with Crippen LogP contribution in [0.25, 0.3) is 0 Å². The standard InChI is InChI=1S/C22H37N3O3S/c1-7-24(16(2)3)13-10-23-22(26)20-14-18(5)19(6)21(15-20)29(27,28)25-11-8-17(4)9-12-25/h14-17H,7-13H2,1-6H3,(H,23,26). The summed E-state index contributed by atoms with van der Waals surface area (Å²) in [5.74, 6) is 0.326. The summed E-state index contributed by atoms with van der Waals surface area (Å²) in [7, 11) is -3.60. The molecule has 0 unspecified atom stereocenters. The number of aryl methyl sites for hydroxylation is 1. The number of carbonyl (C=O) groups is 1. The van der Waals surface area contributed by atoms with Crippen LogP contribution in [0.1, 0.15) is 62.0 Å². The lowest BCUT2D eigenvalue weighted by molar-refractivity contribution is 0.0945. The highest BCUT2D eigenvalue weighted by atomic mass is 32.2. The van der Waals surface area contributed by atoms with E-state index in [2.05, 4.69) is 37.9 Å². The third kappa shape index (κ3) is 5.80. The first-order valence-electron chi connectivity index (χ1n) is 10.7. The van der Waals surface area contributed by atoms with Gasteiger partial charge in [0.15, 0.2) is 0 Å². The number of nitrogens with one attached hydrogen (secondary N) is 1. The van der Waals surface area contributed by atoms with Crippen LogP contribution in [0.5, 0.6) is 0 Å². The maximum Gasteiger partial charge on any atom is 0.251 e. The van der Waals surface area contributed by atoms with Crippen molar-refractivity contribution in [3.8, 4) is 0 Å². The van der Waals surface area contributed by atoms with Crippen LogP contribution >= 0.6 is 0 Å². The summed E-state index contributed by atoms with van der Waals surface area (Å²) < 4.78 is 28.1. The molecule has 0 aliphatic carbocycles. The van der Waals surface area contributed by atoms with Crippen molar-refractivity contribution in [1.82, 2.24) is 14.5 Å². The fraction of sp³-hybridized carbons (Fsp3) is 0.682. The molecule has 1 fully saturated rings. The summed E-state index contributed by atoms with van der Waals surface area (Å²) in [6.45, 7) is 15.5. The summed E-state index contributed by atoms with van der Waals surface area (Å²) in [6.07, 6.45) is 1.75. The number of carbonyl (C=O) groups excluding carboxylic acids is 1. The fourth-order valence-corrected chi connectivity index (χ4v) is 5.58. The third-order valence-electron chi connectivity index (χ3n) is 6.06. The van der Waals surface area contributed by atoms with Crippen LogP contribution in [0.2, 0.25) is 0 Å². The fourth-order valence-electron chi connectivity index (χ4n) is 3.79. The van der Waals surface area contributed by atoms with Gasteiger partial charge in [-0.05, 0) is 76.3 Å². The number of hydrogen-bond acceptors (Lipinski definition) is 4. The zero-order valence-corrected chi connectivity index (χ0v) is 19.6. The molecule has 1 N–H and O–H groups in total. The van der Waals surface area contributed by atoms with E-state index in [4.69, 9.17) is 0 Å². The van der Waals surface area contributed by atoms with E-state index in [0.717, 1.165) is 37.1 Å². The van der Waals surface area contributed by atoms with Crippen molar-refractivity contribution in [2.45, 2.75) is 65.3 Å². The van der Waals surface area contributed by atoms with Gasteiger partial charge in [-0.1, -0.05) is 13.8 Å². The third-order valence-corrected chi connectivity index (χ3v) is 8.09. The van der Waals surface area contributed by atoms with E-state index in [0.29, 0.717) is 37.2 Å². The highest BCUT2D eigenvalue weighted by Gasteiger charge is 2.30. The second-order valence-corrected chi connectivity index (χ2v) is 10.4. The zero-order chi connectivity index (χ0) is 21.8. The molecule has 0 saturated carbocycles. The first-order valence-corrected chi connectivity index (χ1v) is 12.2. The van der Waals surface area contributed by atoms with Crippen molar-refractivity contribution in [2.75, 3.05) is 32.7 Å². The van der Waals surface area contributed by atoms with Gasteiger partial charge in [-0.15, -0.1) is 0 Å². The highest BCUT2D eigenvalue weighted by Crippen LogP contribution is 2.28. The number of piperidine rings is 1. The Hall–Kier alpha value is -1.44. The van der Waals surface area contributed by atoms with Gasteiger partial charge in [0.1, 0.15) is 0 Å². The Balaban J connectivity index is 2.19. The summed E-state index contributed by atoms with van der Waals surface area (Å²) in [4.78, 5) is 15.2. The van der Waals surface area contributed by atoms with Crippen LogP contribution in [-0.4, -0.2) is 62.3 Å². The average molecular weight is 424 g/mol. The maximum atomic E-state index is 13.2. The number of benzene rings is 1. The lowest BCUT2D eigenvalue weighted by Gasteiger charge is -2.30. The van der Waals surface area contributed by atoms with E-state index in [-0.39, 0.29) is 10.8 Å². The smallest absolute Gasteiger partial charge is 0.251 e. The molecule has 1 amide bonds. The molecule has 1 saturated heterocycles. The minimum Gasteiger partial charge on any atom is -0.351 e. The summed E-state index contributed by atoms with van der Waals surface area (Å²) >= 11 is 0. The van der Waals surface area contributed by atoms with Gasteiger partial charge in [-0.3, -0.25) is 9.69 Å². The molecule has 7 heteroatoms. The van der Waals surface area contributed by atoms with Crippen LogP contribution in [0, 0.1) is 19.8 Å². The molecule has 1 aliphatic heterocycles. The minimum atomic E-state index is -3.60. The van der Waals surface area contributed by atoms with E-state index < -0.39 is 10.0 Å². The van der Waals surface area contributed by atoms with Gasteiger partial charge in [0.25, 0.3) is 5.91 Å². The first-order chi connectivity index (χ1) is 13.6. The van der Waals surface area contributed by atoms with E-state index in [1.807, 2.05) is 13.8 Å². The number of likely N-dealkylation sites (N-methyl/N-ethyl adjacent to an activating group) is 1. The molecule has 164 valence electrons. The molecule has 1 aliphatic rings. The van der Waals surface area contributed by atoms with E-state index in [9.17, 15) is 13.2 Å². The topological polar surface area (TPSA) is 69.7 Å². The van der Waals surface area contributed by atoms with E-state index in [1.54, 1.807) is 16.4 Å². The Labute approximate surface area is 176 Å². The Morgan fingerprint density at radius 2 is 1.86 bits per heavy atom. The largest absolute Gasteiger partial charge is 0.351 e. The van der Waals surface area contributed by atoms with Crippen LogP contribution < -0.4 is 5.32 Å². The van der Waals surface area contributed by atoms with Crippen LogP contribution in [0.4, 0.5) is 0 Å². The summed E-state index contributed by atoms with van der Waals surface area (Å²) in [5, 5.41) is 2.94. The van der Waals surface area contributed by atoms with Gasteiger partial charge in [0.2, 0.25) is 10.0 Å². The predicted octanol–water partition coefficient (Wildman–Crippen LogP) is 3.18. The molecule has 0 spiro atoms. The molecule has 1 aromatic rings. The number of rotatable bonds is 8. The zero-order valence-electron chi connectivity index (χ0n) is 18.8. The van der Waals surface area contributed by atoms with Crippen molar-refractivity contribution in [3.05, 3.63) is 28.8 Å². The van der Waals surface area contributed by atoms with Crippen molar-refractivity contribution in [1.29, 1.82) is 0 Å². The van der Waals surface area contributed by atoms with Crippen molar-refractivity contribution in [2.24, 2.45) is 5.92 Å². The Morgan fingerprint density at radius 1 is 1.24 bits per heavy atom. The summed E-state index contributed by atoms with van der Waals surface area (Å²) in [6, 6.07) is 3.75. The van der Waals surface area contributed by atoms with Crippen LogP contribution in [-0.2, 0) is 10.0 Å². The monoisotopic (exact) mass is 423 g/mol. The Bertz CT molecular complexity index is 813. The number of nitrogens with zero attached hydrogens (tertiary/aromatic N) is 2. The molecule has 29 heavy (non-hydrogen) atoms. The molecule has 0 bridgehead atoms. The second kappa shape index (κ2) is 10.0. The van der Waals surface area contributed by atoms with E-state index >= 15 is 0 Å². The Morgan fingerprint density at radius 3 is 2.41 bits per heavy atom. The first kappa shape index (κ1) is 23.8. The molecule has 2 rings (SSSR count). The molecule has 0 radical (unpaired) electrons. The van der Waals surface area contributed by atoms with Gasteiger partial charge in [0.05, 0.1) is 4.90 Å². The summed E-state index contributed by atoms with van der Waals surface area (Å²) in [5.41, 5.74) is 1.95. The average Bonchev–Trinajstić information content (AvgIpc) is 2.66. The molecular weight excluding hydrogens is 386 g/mol. The van der Waals surface area contributed by atoms with Crippen molar-refractivity contribution in [3.63, 3.8) is 0 Å². The Kier molecular flexibility index (Phi) is 8.26. The van der Waals surface area contributed by atoms with Crippen LogP contribution in [0.3, 0.4) is 0 Å². The molecular formula is C22H37N3O3S. The van der Waals surface area contributed by atoms with Crippen molar-refractivity contribution < 1.29 is 13.2 Å². The quantitative estimate of drug-likeness (QED) is 0.697. The number of amides is 1. The predicted molar refractivity (Wildman–Crippen MR) is 118 cm³/mol. The second-order valence-electron chi connectivity index (χ2n) is 8.48. The minimum absolute atomic E-state index is 0.225. The number of sulfonamides is 1.